The van der Waals surface area contributed by atoms with E-state index in [0.717, 1.165) is 5.92 Å². The summed E-state index contributed by atoms with van der Waals surface area (Å²) in [5.41, 5.74) is 14.3. The van der Waals surface area contributed by atoms with Crippen LogP contribution in [-0.2, 0) is 0 Å². The zero-order chi connectivity index (χ0) is 24.1. The van der Waals surface area contributed by atoms with E-state index in [1.807, 2.05) is 22.3 Å². The molecule has 0 radical (unpaired) electrons. The molecule has 0 aromatic heterocycles. The lowest BCUT2D eigenvalue weighted by Crippen LogP contribution is -2.32. The zero-order valence-corrected chi connectivity index (χ0v) is 23.7. The summed E-state index contributed by atoms with van der Waals surface area (Å²) in [7, 11) is 0. The van der Waals surface area contributed by atoms with Gasteiger partial charge in [-0.05, 0) is 135 Å². The van der Waals surface area contributed by atoms with E-state index in [2.05, 4.69) is 52.4 Å². The van der Waals surface area contributed by atoms with Gasteiger partial charge in [-0.2, -0.15) is 0 Å². The third kappa shape index (κ3) is 3.65. The SMILES string of the molecule is BrC1C=C2C(CC1)C1=C(CCC3=C1CCC=C3C1CCCCC1)C2(C1=CCCC=C1)C1=CCCCC1. The third-order valence-electron chi connectivity index (χ3n) is 10.7. The van der Waals surface area contributed by atoms with Gasteiger partial charge in [0.1, 0.15) is 0 Å². The van der Waals surface area contributed by atoms with Gasteiger partial charge in [0.15, 0.2) is 0 Å². The topological polar surface area (TPSA) is 0 Å². The lowest BCUT2D eigenvalue weighted by Gasteiger charge is -2.43. The molecule has 0 N–H and O–H groups in total. The minimum Gasteiger partial charge on any atom is -0.0845 e. The van der Waals surface area contributed by atoms with Crippen molar-refractivity contribution in [2.24, 2.45) is 17.3 Å². The van der Waals surface area contributed by atoms with Crippen molar-refractivity contribution < 1.29 is 0 Å². The molecule has 190 valence electrons. The van der Waals surface area contributed by atoms with Crippen molar-refractivity contribution in [2.45, 2.75) is 114 Å². The maximum atomic E-state index is 4.08. The Balaban J connectivity index is 1.44. The van der Waals surface area contributed by atoms with Gasteiger partial charge in [-0.3, -0.25) is 0 Å². The second-order valence-electron chi connectivity index (χ2n) is 12.5. The van der Waals surface area contributed by atoms with Gasteiger partial charge >= 0.3 is 0 Å². The smallest absolute Gasteiger partial charge is 0.0590 e. The quantitative estimate of drug-likeness (QED) is 0.245. The van der Waals surface area contributed by atoms with Crippen LogP contribution in [0.2, 0.25) is 0 Å². The average Bonchev–Trinajstić information content (AvgIpc) is 3.24. The fourth-order valence-electron chi connectivity index (χ4n) is 9.33. The van der Waals surface area contributed by atoms with Crippen molar-refractivity contribution >= 4 is 15.9 Å². The van der Waals surface area contributed by atoms with Crippen molar-refractivity contribution in [2.75, 3.05) is 0 Å². The summed E-state index contributed by atoms with van der Waals surface area (Å²) in [6.45, 7) is 0. The highest BCUT2D eigenvalue weighted by molar-refractivity contribution is 9.09. The molecule has 0 nitrogen and oxygen atoms in total. The van der Waals surface area contributed by atoms with Gasteiger partial charge in [0.05, 0.1) is 5.41 Å². The van der Waals surface area contributed by atoms with Crippen molar-refractivity contribution in [1.82, 2.24) is 0 Å². The fourth-order valence-corrected chi connectivity index (χ4v) is 9.88. The minimum absolute atomic E-state index is 0.0640. The van der Waals surface area contributed by atoms with Crippen LogP contribution in [0.4, 0.5) is 0 Å². The first-order valence-corrected chi connectivity index (χ1v) is 16.3. The van der Waals surface area contributed by atoms with Crippen LogP contribution in [0, 0.1) is 17.3 Å². The molecule has 0 aromatic rings. The van der Waals surface area contributed by atoms with Crippen LogP contribution >= 0.6 is 15.9 Å². The number of fused-ring (bicyclic) bond motifs is 3. The Morgan fingerprint density at radius 2 is 1.64 bits per heavy atom. The summed E-state index contributed by atoms with van der Waals surface area (Å²) in [6.07, 6.45) is 38.4. The summed E-state index contributed by atoms with van der Waals surface area (Å²) >= 11 is 4.08. The molecule has 7 aliphatic carbocycles. The summed E-state index contributed by atoms with van der Waals surface area (Å²) in [5, 5.41) is 0. The molecule has 0 heterocycles. The molecular weight excluding hydrogens is 500 g/mol. The molecule has 0 amide bonds. The highest BCUT2D eigenvalue weighted by Crippen LogP contribution is 2.67. The first kappa shape index (κ1) is 23.8. The van der Waals surface area contributed by atoms with Crippen LogP contribution in [0.15, 0.2) is 81.0 Å². The Bertz CT molecular complexity index is 1140. The molecule has 0 saturated heterocycles. The summed E-state index contributed by atoms with van der Waals surface area (Å²) in [4.78, 5) is 0.527. The number of hydrogen-bond donors (Lipinski definition) is 0. The van der Waals surface area contributed by atoms with Crippen molar-refractivity contribution in [3.05, 3.63) is 81.0 Å². The van der Waals surface area contributed by atoms with E-state index in [4.69, 9.17) is 0 Å². The van der Waals surface area contributed by atoms with Crippen LogP contribution in [0.25, 0.3) is 0 Å². The van der Waals surface area contributed by atoms with E-state index in [0.29, 0.717) is 10.7 Å². The molecule has 1 saturated carbocycles. The molecule has 0 bridgehead atoms. The van der Waals surface area contributed by atoms with Crippen LogP contribution in [0.1, 0.15) is 109 Å². The molecule has 3 unspecified atom stereocenters. The second kappa shape index (κ2) is 9.76. The lowest BCUT2D eigenvalue weighted by molar-refractivity contribution is 0.401. The Labute approximate surface area is 227 Å². The summed E-state index contributed by atoms with van der Waals surface area (Å²) in [6, 6.07) is 0. The highest BCUT2D eigenvalue weighted by atomic mass is 79.9. The minimum atomic E-state index is 0.0640. The van der Waals surface area contributed by atoms with E-state index in [1.165, 1.54) is 109 Å². The maximum Gasteiger partial charge on any atom is 0.0590 e. The van der Waals surface area contributed by atoms with Crippen LogP contribution in [0.3, 0.4) is 0 Å². The van der Waals surface area contributed by atoms with Crippen molar-refractivity contribution in [3.63, 3.8) is 0 Å². The average molecular weight is 544 g/mol. The number of rotatable bonds is 3. The van der Waals surface area contributed by atoms with Gasteiger partial charge < -0.3 is 0 Å². The molecule has 7 rings (SSSR count). The molecule has 3 atom stereocenters. The number of halogens is 1. The molecule has 0 aliphatic heterocycles. The standard InChI is InChI=1S/C35H43Br/c36-27-19-20-31-33(23-27)35(25-13-6-2-7-14-25,26-15-8-3-9-16-26)32-22-21-29-28(24-11-4-1-5-12-24)17-10-18-30(29)34(31)32/h6,13-15,17,23-24,27,31H,1-5,7-12,16,18-22H2. The van der Waals surface area contributed by atoms with Gasteiger partial charge in [-0.25, -0.2) is 0 Å². The fraction of sp³-hybridized carbons (Fsp3) is 0.600. The van der Waals surface area contributed by atoms with Crippen molar-refractivity contribution in [3.8, 4) is 0 Å². The Morgan fingerprint density at radius 1 is 0.722 bits per heavy atom. The predicted molar refractivity (Wildman–Crippen MR) is 156 cm³/mol. The van der Waals surface area contributed by atoms with Crippen molar-refractivity contribution in [1.29, 1.82) is 0 Å². The van der Waals surface area contributed by atoms with E-state index in [9.17, 15) is 0 Å². The first-order valence-electron chi connectivity index (χ1n) is 15.4. The Hall–Kier alpha value is -1.34. The second-order valence-corrected chi connectivity index (χ2v) is 13.7. The molecular formula is C35H43Br. The lowest BCUT2D eigenvalue weighted by atomic mass is 9.60. The molecule has 1 heteroatoms. The van der Waals surface area contributed by atoms with Gasteiger partial charge in [-0.1, -0.05) is 77.2 Å². The zero-order valence-electron chi connectivity index (χ0n) is 22.1. The first-order chi connectivity index (χ1) is 17.8. The van der Waals surface area contributed by atoms with Gasteiger partial charge in [0.25, 0.3) is 0 Å². The molecule has 36 heavy (non-hydrogen) atoms. The predicted octanol–water partition coefficient (Wildman–Crippen LogP) is 10.6. The Kier molecular flexibility index (Phi) is 6.44. The monoisotopic (exact) mass is 542 g/mol. The molecule has 0 spiro atoms. The molecule has 1 fully saturated rings. The highest BCUT2D eigenvalue weighted by Gasteiger charge is 2.55. The van der Waals surface area contributed by atoms with Gasteiger partial charge in [-0.15, -0.1) is 0 Å². The summed E-state index contributed by atoms with van der Waals surface area (Å²) < 4.78 is 0. The van der Waals surface area contributed by atoms with Gasteiger partial charge in [0, 0.05) is 10.7 Å². The van der Waals surface area contributed by atoms with E-state index >= 15 is 0 Å². The summed E-state index contributed by atoms with van der Waals surface area (Å²) in [5.74, 6) is 1.49. The molecule has 7 aliphatic rings. The number of allylic oxidation sites excluding steroid dienone is 14. The van der Waals surface area contributed by atoms with Crippen LogP contribution in [0.5, 0.6) is 0 Å². The van der Waals surface area contributed by atoms with E-state index in [-0.39, 0.29) is 5.41 Å². The van der Waals surface area contributed by atoms with Gasteiger partial charge in [0.2, 0.25) is 0 Å². The maximum absolute atomic E-state index is 4.08. The number of alkyl halides is 1. The van der Waals surface area contributed by atoms with Crippen LogP contribution < -0.4 is 0 Å². The third-order valence-corrected chi connectivity index (χ3v) is 11.4. The number of hydrogen-bond acceptors (Lipinski definition) is 0. The van der Waals surface area contributed by atoms with E-state index in [1.54, 1.807) is 22.3 Å². The molecule has 0 aromatic carbocycles. The Morgan fingerprint density at radius 3 is 2.44 bits per heavy atom. The largest absolute Gasteiger partial charge is 0.0845 e. The van der Waals surface area contributed by atoms with Crippen LogP contribution in [-0.4, -0.2) is 4.83 Å². The van der Waals surface area contributed by atoms with E-state index < -0.39 is 0 Å². The normalized spacial score (nSPS) is 34.9.